The molecule has 148 valence electrons. The first-order valence-corrected chi connectivity index (χ1v) is 9.99. The van der Waals surface area contributed by atoms with Crippen molar-refractivity contribution in [1.82, 2.24) is 20.1 Å². The summed E-state index contributed by atoms with van der Waals surface area (Å²) in [5, 5.41) is 11.7. The molecule has 1 aliphatic rings. The summed E-state index contributed by atoms with van der Waals surface area (Å²) in [6.07, 6.45) is 6.08. The van der Waals surface area contributed by atoms with Crippen LogP contribution in [0.15, 0.2) is 66.9 Å². The Morgan fingerprint density at radius 2 is 1.72 bits per heavy atom. The van der Waals surface area contributed by atoms with E-state index in [9.17, 15) is 0 Å². The average molecular weight is 387 g/mol. The summed E-state index contributed by atoms with van der Waals surface area (Å²) in [7, 11) is 0. The smallest absolute Gasteiger partial charge is 0.247 e. The molecule has 0 bridgehead atoms. The van der Waals surface area contributed by atoms with Crippen LogP contribution in [-0.4, -0.2) is 52.8 Å². The second kappa shape index (κ2) is 9.30. The quantitative estimate of drug-likeness (QED) is 0.696. The van der Waals surface area contributed by atoms with Crippen molar-refractivity contribution in [2.45, 2.75) is 6.92 Å². The number of anilines is 3. The summed E-state index contributed by atoms with van der Waals surface area (Å²) in [4.78, 5) is 9.31. The third-order valence-electron chi connectivity index (χ3n) is 5.08. The van der Waals surface area contributed by atoms with Gasteiger partial charge in [-0.25, -0.2) is 0 Å². The fourth-order valence-corrected chi connectivity index (χ4v) is 3.37. The second-order valence-corrected chi connectivity index (χ2v) is 7.18. The van der Waals surface area contributed by atoms with Gasteiger partial charge in [0, 0.05) is 38.4 Å². The monoisotopic (exact) mass is 386 g/mol. The van der Waals surface area contributed by atoms with Gasteiger partial charge in [0.05, 0.1) is 6.20 Å². The number of aryl methyl sites for hydroxylation is 1. The second-order valence-electron chi connectivity index (χ2n) is 7.18. The molecule has 0 atom stereocenters. The molecular weight excluding hydrogens is 360 g/mol. The average Bonchev–Trinajstić information content (AvgIpc) is 2.77. The zero-order chi connectivity index (χ0) is 19.9. The number of nitrogens with one attached hydrogen (secondary N) is 1. The molecule has 0 saturated carbocycles. The molecule has 1 aliphatic heterocycles. The van der Waals surface area contributed by atoms with E-state index in [2.05, 4.69) is 79.7 Å². The van der Waals surface area contributed by atoms with E-state index in [1.807, 2.05) is 24.3 Å². The summed E-state index contributed by atoms with van der Waals surface area (Å²) >= 11 is 0. The van der Waals surface area contributed by atoms with Gasteiger partial charge in [0.1, 0.15) is 0 Å². The molecule has 0 aliphatic carbocycles. The zero-order valence-corrected chi connectivity index (χ0v) is 16.7. The van der Waals surface area contributed by atoms with Gasteiger partial charge in [0.15, 0.2) is 5.82 Å². The van der Waals surface area contributed by atoms with Crippen molar-refractivity contribution >= 4 is 23.5 Å². The first-order valence-electron chi connectivity index (χ1n) is 9.99. The maximum Gasteiger partial charge on any atom is 0.247 e. The number of benzene rings is 2. The van der Waals surface area contributed by atoms with E-state index < -0.39 is 0 Å². The first kappa shape index (κ1) is 19.1. The highest BCUT2D eigenvalue weighted by atomic mass is 15.4. The Kier molecular flexibility index (Phi) is 6.12. The van der Waals surface area contributed by atoms with Gasteiger partial charge in [-0.15, -0.1) is 5.10 Å². The lowest BCUT2D eigenvalue weighted by molar-refractivity contribution is 0.282. The maximum absolute atomic E-state index is 4.67. The molecule has 29 heavy (non-hydrogen) atoms. The molecule has 4 rings (SSSR count). The van der Waals surface area contributed by atoms with Gasteiger partial charge in [0.2, 0.25) is 5.95 Å². The fourth-order valence-electron chi connectivity index (χ4n) is 3.37. The van der Waals surface area contributed by atoms with Gasteiger partial charge in [-0.3, -0.25) is 4.90 Å². The van der Waals surface area contributed by atoms with Crippen molar-refractivity contribution in [2.75, 3.05) is 42.9 Å². The van der Waals surface area contributed by atoms with E-state index >= 15 is 0 Å². The Morgan fingerprint density at radius 1 is 0.966 bits per heavy atom. The lowest BCUT2D eigenvalue weighted by Crippen LogP contribution is -2.47. The van der Waals surface area contributed by atoms with Crippen LogP contribution in [0.4, 0.5) is 17.5 Å². The summed E-state index contributed by atoms with van der Waals surface area (Å²) < 4.78 is 0. The van der Waals surface area contributed by atoms with E-state index in [0.717, 1.165) is 44.2 Å². The van der Waals surface area contributed by atoms with E-state index in [1.165, 1.54) is 11.1 Å². The topological polar surface area (TPSA) is 57.2 Å². The number of nitrogens with zero attached hydrogens (tertiary/aromatic N) is 5. The van der Waals surface area contributed by atoms with Gasteiger partial charge in [-0.05, 0) is 24.1 Å². The van der Waals surface area contributed by atoms with Crippen LogP contribution in [0.2, 0.25) is 0 Å². The third-order valence-corrected chi connectivity index (χ3v) is 5.08. The van der Waals surface area contributed by atoms with Gasteiger partial charge in [-0.1, -0.05) is 60.7 Å². The number of rotatable bonds is 6. The van der Waals surface area contributed by atoms with Crippen LogP contribution >= 0.6 is 0 Å². The molecular formula is C23H26N6. The molecule has 6 heteroatoms. The van der Waals surface area contributed by atoms with Crippen molar-refractivity contribution in [3.05, 3.63) is 78.0 Å². The van der Waals surface area contributed by atoms with Crippen molar-refractivity contribution in [1.29, 1.82) is 0 Å². The number of hydrogen-bond acceptors (Lipinski definition) is 6. The molecule has 0 radical (unpaired) electrons. The molecule has 6 nitrogen and oxygen atoms in total. The Morgan fingerprint density at radius 3 is 2.52 bits per heavy atom. The fraction of sp³-hybridized carbons (Fsp3) is 0.261. The highest BCUT2D eigenvalue weighted by molar-refractivity contribution is 5.60. The van der Waals surface area contributed by atoms with Crippen LogP contribution in [0.3, 0.4) is 0 Å². The van der Waals surface area contributed by atoms with E-state index in [-0.39, 0.29) is 0 Å². The molecule has 2 heterocycles. The predicted molar refractivity (Wildman–Crippen MR) is 118 cm³/mol. The molecule has 1 saturated heterocycles. The summed E-state index contributed by atoms with van der Waals surface area (Å²) in [6, 6.07) is 18.6. The SMILES string of the molecule is Cc1ccccc1Nc1cnnc(N2CCN(C/C=C/c3ccccc3)CC2)n1. The minimum atomic E-state index is 0.683. The summed E-state index contributed by atoms with van der Waals surface area (Å²) in [5.74, 6) is 1.40. The zero-order valence-electron chi connectivity index (χ0n) is 16.7. The minimum absolute atomic E-state index is 0.683. The highest BCUT2D eigenvalue weighted by Gasteiger charge is 2.19. The first-order chi connectivity index (χ1) is 14.3. The molecule has 1 N–H and O–H groups in total. The van der Waals surface area contributed by atoms with Gasteiger partial charge < -0.3 is 10.2 Å². The van der Waals surface area contributed by atoms with Crippen LogP contribution in [-0.2, 0) is 0 Å². The molecule has 1 fully saturated rings. The van der Waals surface area contributed by atoms with Gasteiger partial charge >= 0.3 is 0 Å². The predicted octanol–water partition coefficient (Wildman–Crippen LogP) is 3.76. The molecule has 0 spiro atoms. The van der Waals surface area contributed by atoms with Crippen molar-refractivity contribution in [3.8, 4) is 0 Å². The Balaban J connectivity index is 1.32. The number of para-hydroxylation sites is 1. The van der Waals surface area contributed by atoms with Crippen molar-refractivity contribution in [2.24, 2.45) is 0 Å². The van der Waals surface area contributed by atoms with Crippen LogP contribution in [0, 0.1) is 6.92 Å². The highest BCUT2D eigenvalue weighted by Crippen LogP contribution is 2.19. The van der Waals surface area contributed by atoms with Crippen LogP contribution in [0.1, 0.15) is 11.1 Å². The Bertz CT molecular complexity index is 948. The largest absolute Gasteiger partial charge is 0.339 e. The summed E-state index contributed by atoms with van der Waals surface area (Å²) in [5.41, 5.74) is 3.45. The van der Waals surface area contributed by atoms with Gasteiger partial charge in [0.25, 0.3) is 0 Å². The number of piperazine rings is 1. The minimum Gasteiger partial charge on any atom is -0.339 e. The molecule has 1 aromatic heterocycles. The molecule has 2 aromatic carbocycles. The third kappa shape index (κ3) is 5.18. The lowest BCUT2D eigenvalue weighted by Gasteiger charge is -2.33. The van der Waals surface area contributed by atoms with Crippen LogP contribution in [0.5, 0.6) is 0 Å². The Hall–Kier alpha value is -3.25. The maximum atomic E-state index is 4.67. The molecule has 0 amide bonds. The van der Waals surface area contributed by atoms with E-state index in [4.69, 9.17) is 0 Å². The summed E-state index contributed by atoms with van der Waals surface area (Å²) in [6.45, 7) is 6.79. The van der Waals surface area contributed by atoms with E-state index in [1.54, 1.807) is 6.20 Å². The molecule has 3 aromatic rings. The normalized spacial score (nSPS) is 15.0. The van der Waals surface area contributed by atoms with Crippen LogP contribution < -0.4 is 10.2 Å². The number of aromatic nitrogens is 3. The standard InChI is InChI=1S/C23H26N6/c1-19-8-5-6-12-21(19)25-22-18-24-27-23(26-22)29-16-14-28(15-17-29)13-7-11-20-9-3-2-4-10-20/h2-12,18H,13-17H2,1H3,(H,25,26,27)/b11-7+. The van der Waals surface area contributed by atoms with Crippen molar-refractivity contribution in [3.63, 3.8) is 0 Å². The van der Waals surface area contributed by atoms with E-state index in [0.29, 0.717) is 5.95 Å². The van der Waals surface area contributed by atoms with Crippen LogP contribution in [0.25, 0.3) is 6.08 Å². The number of hydrogen-bond donors (Lipinski definition) is 1. The van der Waals surface area contributed by atoms with Gasteiger partial charge in [-0.2, -0.15) is 10.1 Å². The lowest BCUT2D eigenvalue weighted by atomic mass is 10.2. The van der Waals surface area contributed by atoms with Crippen molar-refractivity contribution < 1.29 is 0 Å². The molecule has 0 unspecified atom stereocenters. The Labute approximate surface area is 171 Å².